The van der Waals surface area contributed by atoms with Crippen molar-refractivity contribution in [3.05, 3.63) is 88.6 Å². The first-order chi connectivity index (χ1) is 12.6. The number of rotatable bonds is 3. The number of halogens is 1. The van der Waals surface area contributed by atoms with E-state index in [1.807, 2.05) is 42.5 Å². The molecule has 0 atom stereocenters. The molecule has 1 fully saturated rings. The maximum Gasteiger partial charge on any atom is 0.293 e. The van der Waals surface area contributed by atoms with E-state index in [1.54, 1.807) is 18.2 Å². The van der Waals surface area contributed by atoms with Gasteiger partial charge in [-0.3, -0.25) is 14.5 Å². The fourth-order valence-electron chi connectivity index (χ4n) is 2.95. The van der Waals surface area contributed by atoms with Gasteiger partial charge in [0.25, 0.3) is 11.1 Å². The van der Waals surface area contributed by atoms with E-state index in [0.29, 0.717) is 10.5 Å². The summed E-state index contributed by atoms with van der Waals surface area (Å²) >= 11 is 0.910. The van der Waals surface area contributed by atoms with E-state index in [-0.39, 0.29) is 23.5 Å². The quantitative estimate of drug-likeness (QED) is 0.599. The molecule has 4 rings (SSSR count). The van der Waals surface area contributed by atoms with Crippen LogP contribution in [0.1, 0.15) is 11.1 Å². The minimum absolute atomic E-state index is 0.229. The zero-order valence-electron chi connectivity index (χ0n) is 13.7. The number of imide groups is 1. The van der Waals surface area contributed by atoms with Crippen molar-refractivity contribution in [2.75, 3.05) is 0 Å². The summed E-state index contributed by atoms with van der Waals surface area (Å²) in [7, 11) is 0. The number of nitrogens with zero attached hydrogens (tertiary/aromatic N) is 1. The van der Waals surface area contributed by atoms with Gasteiger partial charge in [0.2, 0.25) is 0 Å². The molecule has 128 valence electrons. The average molecular weight is 363 g/mol. The van der Waals surface area contributed by atoms with Crippen LogP contribution in [0.5, 0.6) is 0 Å². The van der Waals surface area contributed by atoms with Crippen LogP contribution >= 0.6 is 11.8 Å². The molecule has 2 amide bonds. The van der Waals surface area contributed by atoms with E-state index in [9.17, 15) is 14.0 Å². The molecule has 5 heteroatoms. The van der Waals surface area contributed by atoms with Crippen LogP contribution in [0.2, 0.25) is 0 Å². The molecule has 0 bridgehead atoms. The highest BCUT2D eigenvalue weighted by molar-refractivity contribution is 8.18. The number of fused-ring (bicyclic) bond motifs is 1. The van der Waals surface area contributed by atoms with E-state index in [1.165, 1.54) is 17.0 Å². The molecule has 1 heterocycles. The lowest BCUT2D eigenvalue weighted by Crippen LogP contribution is -2.27. The molecule has 3 nitrogen and oxygen atoms in total. The van der Waals surface area contributed by atoms with E-state index in [0.717, 1.165) is 28.1 Å². The third-order valence-corrected chi connectivity index (χ3v) is 5.16. The Morgan fingerprint density at radius 1 is 0.923 bits per heavy atom. The third-order valence-electron chi connectivity index (χ3n) is 4.25. The standard InChI is InChI=1S/C21H14FNO2S/c22-17-10-8-14(9-11-17)12-19-20(24)23(21(25)26-19)13-16-6-3-5-15-4-1-2-7-18(15)16/h1-12H,13H2/b19-12+. The Balaban J connectivity index is 1.62. The lowest BCUT2D eigenvalue weighted by Gasteiger charge is -2.14. The van der Waals surface area contributed by atoms with Crippen molar-refractivity contribution >= 4 is 39.8 Å². The zero-order chi connectivity index (χ0) is 18.1. The number of hydrogen-bond donors (Lipinski definition) is 0. The number of hydrogen-bond acceptors (Lipinski definition) is 3. The predicted molar refractivity (Wildman–Crippen MR) is 102 cm³/mol. The smallest absolute Gasteiger partial charge is 0.268 e. The summed E-state index contributed by atoms with van der Waals surface area (Å²) in [6.45, 7) is 0.229. The van der Waals surface area contributed by atoms with Crippen LogP contribution in [-0.2, 0) is 11.3 Å². The van der Waals surface area contributed by atoms with Crippen LogP contribution in [0.25, 0.3) is 16.8 Å². The number of carbonyl (C=O) groups excluding carboxylic acids is 2. The first kappa shape index (κ1) is 16.5. The van der Waals surface area contributed by atoms with Crippen molar-refractivity contribution in [1.29, 1.82) is 0 Å². The summed E-state index contributed by atoms with van der Waals surface area (Å²) in [4.78, 5) is 26.6. The summed E-state index contributed by atoms with van der Waals surface area (Å²) in [6, 6.07) is 19.5. The molecule has 26 heavy (non-hydrogen) atoms. The van der Waals surface area contributed by atoms with Gasteiger partial charge in [0.1, 0.15) is 5.82 Å². The second-order valence-electron chi connectivity index (χ2n) is 5.96. The summed E-state index contributed by atoms with van der Waals surface area (Å²) < 4.78 is 13.0. The number of amides is 2. The second kappa shape index (κ2) is 6.77. The monoisotopic (exact) mass is 363 g/mol. The van der Waals surface area contributed by atoms with Crippen LogP contribution in [0.4, 0.5) is 9.18 Å². The number of carbonyl (C=O) groups is 2. The third kappa shape index (κ3) is 3.13. The van der Waals surface area contributed by atoms with Gasteiger partial charge in [-0.1, -0.05) is 54.6 Å². The van der Waals surface area contributed by atoms with Gasteiger partial charge in [-0.15, -0.1) is 0 Å². The second-order valence-corrected chi connectivity index (χ2v) is 6.95. The summed E-state index contributed by atoms with van der Waals surface area (Å²) in [5.41, 5.74) is 1.61. The molecule has 1 aliphatic rings. The highest BCUT2D eigenvalue weighted by Gasteiger charge is 2.35. The van der Waals surface area contributed by atoms with Gasteiger partial charge in [0.15, 0.2) is 0 Å². The first-order valence-electron chi connectivity index (χ1n) is 8.09. The predicted octanol–water partition coefficient (Wildman–Crippen LogP) is 5.22. The van der Waals surface area contributed by atoms with Gasteiger partial charge >= 0.3 is 0 Å². The van der Waals surface area contributed by atoms with E-state index in [2.05, 4.69) is 0 Å². The Hall–Kier alpha value is -2.92. The molecule has 0 radical (unpaired) electrons. The van der Waals surface area contributed by atoms with Crippen molar-refractivity contribution in [2.45, 2.75) is 6.54 Å². The maximum atomic E-state index is 13.0. The molecule has 0 aliphatic carbocycles. The van der Waals surface area contributed by atoms with Crippen LogP contribution in [-0.4, -0.2) is 16.0 Å². The summed E-state index contributed by atoms with van der Waals surface area (Å²) in [6.07, 6.45) is 1.62. The maximum absolute atomic E-state index is 13.0. The molecule has 1 saturated heterocycles. The molecule has 0 N–H and O–H groups in total. The summed E-state index contributed by atoms with van der Waals surface area (Å²) in [5, 5.41) is 1.80. The lowest BCUT2D eigenvalue weighted by molar-refractivity contribution is -0.123. The highest BCUT2D eigenvalue weighted by Crippen LogP contribution is 2.34. The molecule has 3 aromatic carbocycles. The Bertz CT molecular complexity index is 1040. The molecule has 0 saturated carbocycles. The van der Waals surface area contributed by atoms with E-state index in [4.69, 9.17) is 0 Å². The molecule has 0 spiro atoms. The van der Waals surface area contributed by atoms with Crippen LogP contribution in [0.3, 0.4) is 0 Å². The van der Waals surface area contributed by atoms with Crippen molar-refractivity contribution in [2.24, 2.45) is 0 Å². The Labute approximate surface area is 154 Å². The molecule has 3 aromatic rings. The van der Waals surface area contributed by atoms with Gasteiger partial charge in [-0.05, 0) is 51.9 Å². The van der Waals surface area contributed by atoms with Crippen LogP contribution < -0.4 is 0 Å². The number of thioether (sulfide) groups is 1. The van der Waals surface area contributed by atoms with Crippen molar-refractivity contribution < 1.29 is 14.0 Å². The van der Waals surface area contributed by atoms with Crippen molar-refractivity contribution in [3.8, 4) is 0 Å². The van der Waals surface area contributed by atoms with Gasteiger partial charge in [-0.2, -0.15) is 0 Å². The largest absolute Gasteiger partial charge is 0.293 e. The lowest BCUT2D eigenvalue weighted by atomic mass is 10.0. The van der Waals surface area contributed by atoms with Gasteiger partial charge < -0.3 is 0 Å². The highest BCUT2D eigenvalue weighted by atomic mass is 32.2. The minimum atomic E-state index is -0.341. The fourth-order valence-corrected chi connectivity index (χ4v) is 3.79. The number of benzene rings is 3. The van der Waals surface area contributed by atoms with E-state index >= 15 is 0 Å². The zero-order valence-corrected chi connectivity index (χ0v) is 14.5. The fraction of sp³-hybridized carbons (Fsp3) is 0.0476. The first-order valence-corrected chi connectivity index (χ1v) is 8.91. The molecule has 1 aliphatic heterocycles. The van der Waals surface area contributed by atoms with Gasteiger partial charge in [0, 0.05) is 0 Å². The molecule has 0 unspecified atom stereocenters. The Kier molecular flexibility index (Phi) is 4.31. The molecular weight excluding hydrogens is 349 g/mol. The van der Waals surface area contributed by atoms with Gasteiger partial charge in [0.05, 0.1) is 11.4 Å². The topological polar surface area (TPSA) is 37.4 Å². The normalized spacial score (nSPS) is 16.0. The van der Waals surface area contributed by atoms with Crippen LogP contribution in [0, 0.1) is 5.82 Å². The summed E-state index contributed by atoms with van der Waals surface area (Å²) in [5.74, 6) is -0.663. The van der Waals surface area contributed by atoms with Crippen molar-refractivity contribution in [3.63, 3.8) is 0 Å². The molecule has 0 aromatic heterocycles. The van der Waals surface area contributed by atoms with Gasteiger partial charge in [-0.25, -0.2) is 4.39 Å². The average Bonchev–Trinajstić information content (AvgIpc) is 2.91. The molecular formula is C21H14FNO2S. The van der Waals surface area contributed by atoms with Crippen molar-refractivity contribution in [1.82, 2.24) is 4.90 Å². The minimum Gasteiger partial charge on any atom is -0.268 e. The Morgan fingerprint density at radius 2 is 1.65 bits per heavy atom. The van der Waals surface area contributed by atoms with Crippen LogP contribution in [0.15, 0.2) is 71.6 Å². The Morgan fingerprint density at radius 3 is 2.46 bits per heavy atom. The van der Waals surface area contributed by atoms with E-state index < -0.39 is 0 Å². The SMILES string of the molecule is O=C1S/C(=C/c2ccc(F)cc2)C(=O)N1Cc1cccc2ccccc12.